The van der Waals surface area contributed by atoms with Gasteiger partial charge < -0.3 is 4.90 Å². The molecule has 1 heterocycles. The lowest BCUT2D eigenvalue weighted by molar-refractivity contribution is -0.123. The molecule has 1 amide bonds. The van der Waals surface area contributed by atoms with Crippen LogP contribution in [0.15, 0.2) is 24.3 Å². The van der Waals surface area contributed by atoms with E-state index in [2.05, 4.69) is 22.6 Å². The van der Waals surface area contributed by atoms with Gasteiger partial charge in [-0.15, -0.1) is 0 Å². The summed E-state index contributed by atoms with van der Waals surface area (Å²) in [5.41, 5.74) is 0.767. The number of carbonyl (C=O) groups excluding carboxylic acids is 2. The van der Waals surface area contributed by atoms with Gasteiger partial charge in [0.2, 0.25) is 0 Å². The van der Waals surface area contributed by atoms with Crippen LogP contribution in [0.3, 0.4) is 0 Å². The molecule has 1 saturated heterocycles. The number of halogens is 1. The smallest absolute Gasteiger partial charge is 0.254 e. The van der Waals surface area contributed by atoms with E-state index in [0.29, 0.717) is 25.3 Å². The van der Waals surface area contributed by atoms with Crippen LogP contribution >= 0.6 is 22.6 Å². The first kappa shape index (κ1) is 14.5. The van der Waals surface area contributed by atoms with Gasteiger partial charge in [0.25, 0.3) is 5.91 Å². The summed E-state index contributed by atoms with van der Waals surface area (Å²) >= 11 is 2.19. The van der Waals surface area contributed by atoms with Crippen LogP contribution in [0.25, 0.3) is 0 Å². The van der Waals surface area contributed by atoms with E-state index < -0.39 is 0 Å². The third kappa shape index (κ3) is 3.35. The van der Waals surface area contributed by atoms with Crippen molar-refractivity contribution >= 4 is 34.3 Å². The van der Waals surface area contributed by atoms with Gasteiger partial charge in [-0.25, -0.2) is 0 Å². The second-order valence-electron chi connectivity index (χ2n) is 4.87. The van der Waals surface area contributed by atoms with E-state index in [1.54, 1.807) is 0 Å². The number of ketones is 1. The van der Waals surface area contributed by atoms with Gasteiger partial charge in [-0.1, -0.05) is 19.1 Å². The van der Waals surface area contributed by atoms with Crippen LogP contribution in [0.4, 0.5) is 0 Å². The number of likely N-dealkylation sites (tertiary alicyclic amines) is 1. The highest BCUT2D eigenvalue weighted by molar-refractivity contribution is 14.1. The molecule has 0 saturated carbocycles. The number of nitrogens with zero attached hydrogens (tertiary/aromatic N) is 1. The zero-order valence-corrected chi connectivity index (χ0v) is 13.2. The molecule has 2 rings (SSSR count). The Morgan fingerprint density at radius 2 is 1.89 bits per heavy atom. The van der Waals surface area contributed by atoms with Gasteiger partial charge in [-0.05, 0) is 47.6 Å². The fraction of sp³-hybridized carbons (Fsp3) is 0.467. The molecule has 1 aromatic carbocycles. The summed E-state index contributed by atoms with van der Waals surface area (Å²) in [4.78, 5) is 25.9. The number of hydrogen-bond acceptors (Lipinski definition) is 2. The molecule has 3 nitrogen and oxygen atoms in total. The van der Waals surface area contributed by atoms with Crippen LogP contribution in [-0.4, -0.2) is 29.7 Å². The van der Waals surface area contributed by atoms with Crippen LogP contribution in [0, 0.1) is 9.49 Å². The van der Waals surface area contributed by atoms with E-state index in [-0.39, 0.29) is 11.8 Å². The molecule has 0 aliphatic carbocycles. The third-order valence-electron chi connectivity index (χ3n) is 3.69. The molecule has 1 aromatic rings. The number of hydrogen-bond donors (Lipinski definition) is 0. The summed E-state index contributed by atoms with van der Waals surface area (Å²) < 4.78 is 0.983. The van der Waals surface area contributed by atoms with Crippen molar-refractivity contribution in [3.63, 3.8) is 0 Å². The number of benzene rings is 1. The largest absolute Gasteiger partial charge is 0.339 e. The standard InChI is InChI=1S/C15H18INO2/c1-2-14(18)11-7-9-17(10-8-11)15(19)12-5-3-4-6-13(12)16/h3-6,11H,2,7-10H2,1H3. The Hall–Kier alpha value is -0.910. The Balaban J connectivity index is 2.00. The molecule has 1 aliphatic heterocycles. The highest BCUT2D eigenvalue weighted by Crippen LogP contribution is 2.22. The van der Waals surface area contributed by atoms with Crippen molar-refractivity contribution in [3.05, 3.63) is 33.4 Å². The highest BCUT2D eigenvalue weighted by Gasteiger charge is 2.27. The fourth-order valence-electron chi connectivity index (χ4n) is 2.50. The van der Waals surface area contributed by atoms with Crippen molar-refractivity contribution in [3.8, 4) is 0 Å². The molecule has 1 fully saturated rings. The Morgan fingerprint density at radius 3 is 2.47 bits per heavy atom. The molecule has 0 radical (unpaired) electrons. The molecule has 0 spiro atoms. The molecule has 19 heavy (non-hydrogen) atoms. The van der Waals surface area contributed by atoms with Crippen molar-refractivity contribution in [1.29, 1.82) is 0 Å². The first-order valence-electron chi connectivity index (χ1n) is 6.70. The maximum absolute atomic E-state index is 12.4. The van der Waals surface area contributed by atoms with E-state index >= 15 is 0 Å². The van der Waals surface area contributed by atoms with Gasteiger partial charge in [0.1, 0.15) is 5.78 Å². The number of piperidine rings is 1. The predicted molar refractivity (Wildman–Crippen MR) is 83.1 cm³/mol. The molecule has 4 heteroatoms. The van der Waals surface area contributed by atoms with Crippen molar-refractivity contribution in [2.45, 2.75) is 26.2 Å². The lowest BCUT2D eigenvalue weighted by Crippen LogP contribution is -2.40. The zero-order chi connectivity index (χ0) is 13.8. The summed E-state index contributed by atoms with van der Waals surface area (Å²) in [7, 11) is 0. The summed E-state index contributed by atoms with van der Waals surface area (Å²) in [6.45, 7) is 3.30. The molecule has 0 N–H and O–H groups in total. The summed E-state index contributed by atoms with van der Waals surface area (Å²) in [6, 6.07) is 7.64. The minimum absolute atomic E-state index is 0.0902. The summed E-state index contributed by atoms with van der Waals surface area (Å²) in [6.07, 6.45) is 2.22. The first-order chi connectivity index (χ1) is 9.13. The van der Waals surface area contributed by atoms with E-state index in [9.17, 15) is 9.59 Å². The Bertz CT molecular complexity index is 479. The Morgan fingerprint density at radius 1 is 1.26 bits per heavy atom. The van der Waals surface area contributed by atoms with Crippen LogP contribution in [-0.2, 0) is 4.79 Å². The van der Waals surface area contributed by atoms with Crippen molar-refractivity contribution < 1.29 is 9.59 Å². The molecule has 0 unspecified atom stereocenters. The van der Waals surface area contributed by atoms with Crippen LogP contribution in [0.2, 0.25) is 0 Å². The summed E-state index contributed by atoms with van der Waals surface area (Å²) in [5.74, 6) is 0.581. The second-order valence-corrected chi connectivity index (χ2v) is 6.03. The second kappa shape index (κ2) is 6.50. The average molecular weight is 371 g/mol. The SMILES string of the molecule is CCC(=O)C1CCN(C(=O)c2ccccc2I)CC1. The van der Waals surface area contributed by atoms with Crippen LogP contribution in [0.1, 0.15) is 36.5 Å². The first-order valence-corrected chi connectivity index (χ1v) is 7.78. The van der Waals surface area contributed by atoms with Crippen molar-refractivity contribution in [1.82, 2.24) is 4.90 Å². The van der Waals surface area contributed by atoms with E-state index in [1.807, 2.05) is 36.1 Å². The maximum Gasteiger partial charge on any atom is 0.254 e. The van der Waals surface area contributed by atoms with Gasteiger partial charge in [0.05, 0.1) is 5.56 Å². The lowest BCUT2D eigenvalue weighted by Gasteiger charge is -2.31. The Labute approximate surface area is 127 Å². The number of Topliss-reactive ketones (excluding diaryl/α,β-unsaturated/α-hetero) is 1. The van der Waals surface area contributed by atoms with Gasteiger partial charge in [-0.2, -0.15) is 0 Å². The quantitative estimate of drug-likeness (QED) is 0.766. The minimum Gasteiger partial charge on any atom is -0.339 e. The monoisotopic (exact) mass is 371 g/mol. The maximum atomic E-state index is 12.4. The van der Waals surface area contributed by atoms with E-state index in [4.69, 9.17) is 0 Å². The van der Waals surface area contributed by atoms with Gasteiger partial charge >= 0.3 is 0 Å². The molecular weight excluding hydrogens is 353 g/mol. The van der Waals surface area contributed by atoms with Gasteiger partial charge in [0.15, 0.2) is 0 Å². The molecule has 0 bridgehead atoms. The van der Waals surface area contributed by atoms with Crippen LogP contribution < -0.4 is 0 Å². The van der Waals surface area contributed by atoms with E-state index in [1.165, 1.54) is 0 Å². The molecular formula is C15H18INO2. The fourth-order valence-corrected chi connectivity index (χ4v) is 3.12. The zero-order valence-electron chi connectivity index (χ0n) is 11.1. The molecule has 0 aromatic heterocycles. The lowest BCUT2D eigenvalue weighted by atomic mass is 9.91. The van der Waals surface area contributed by atoms with Crippen molar-refractivity contribution in [2.24, 2.45) is 5.92 Å². The highest BCUT2D eigenvalue weighted by atomic mass is 127. The summed E-state index contributed by atoms with van der Waals surface area (Å²) in [5, 5.41) is 0. The predicted octanol–water partition coefficient (Wildman–Crippen LogP) is 3.12. The number of rotatable bonds is 3. The van der Waals surface area contributed by atoms with E-state index in [0.717, 1.165) is 22.0 Å². The van der Waals surface area contributed by atoms with Gasteiger partial charge in [0, 0.05) is 29.0 Å². The third-order valence-corrected chi connectivity index (χ3v) is 4.63. The topological polar surface area (TPSA) is 37.4 Å². The normalized spacial score (nSPS) is 16.4. The number of amides is 1. The molecule has 1 aliphatic rings. The molecule has 102 valence electrons. The molecule has 0 atom stereocenters. The van der Waals surface area contributed by atoms with Crippen molar-refractivity contribution in [2.75, 3.05) is 13.1 Å². The van der Waals surface area contributed by atoms with Crippen LogP contribution in [0.5, 0.6) is 0 Å². The average Bonchev–Trinajstić information content (AvgIpc) is 2.46. The number of carbonyl (C=O) groups is 2. The van der Waals surface area contributed by atoms with Gasteiger partial charge in [-0.3, -0.25) is 9.59 Å². The Kier molecular flexibility index (Phi) is 4.96. The minimum atomic E-state index is 0.0902.